The van der Waals surface area contributed by atoms with Gasteiger partial charge in [-0.15, -0.1) is 0 Å². The Morgan fingerprint density at radius 3 is 2.51 bits per heavy atom. The summed E-state index contributed by atoms with van der Waals surface area (Å²) < 4.78 is 14.3. The molecule has 2 aromatic heterocycles. The van der Waals surface area contributed by atoms with Gasteiger partial charge >= 0.3 is 5.97 Å². The lowest BCUT2D eigenvalue weighted by atomic mass is 9.84. The molecular weight excluding hydrogens is 875 g/mol. The van der Waals surface area contributed by atoms with Crippen molar-refractivity contribution in [1.29, 1.82) is 0 Å². The van der Waals surface area contributed by atoms with E-state index in [0.29, 0.717) is 57.4 Å². The van der Waals surface area contributed by atoms with Crippen LogP contribution < -0.4 is 10.7 Å². The van der Waals surface area contributed by atoms with Crippen LogP contribution in [0.2, 0.25) is 0 Å². The summed E-state index contributed by atoms with van der Waals surface area (Å²) in [7, 11) is 3.36. The topological polar surface area (TPSA) is 176 Å². The van der Waals surface area contributed by atoms with E-state index < -0.39 is 47.2 Å². The predicted octanol–water partition coefficient (Wildman–Crippen LogP) is 6.73. The van der Waals surface area contributed by atoms with E-state index in [2.05, 4.69) is 54.3 Å². The summed E-state index contributed by atoms with van der Waals surface area (Å²) >= 11 is 0. The Morgan fingerprint density at radius 1 is 0.986 bits per heavy atom. The van der Waals surface area contributed by atoms with Gasteiger partial charge in [0.2, 0.25) is 17.7 Å². The van der Waals surface area contributed by atoms with Gasteiger partial charge in [0.05, 0.1) is 30.0 Å². The average Bonchev–Trinajstić information content (AvgIpc) is 3.68. The molecule has 5 aliphatic rings. The molecule has 15 nitrogen and oxygen atoms in total. The average molecular weight is 944 g/mol. The second-order valence-corrected chi connectivity index (χ2v) is 21.0. The van der Waals surface area contributed by atoms with Gasteiger partial charge in [-0.2, -0.15) is 0 Å². The number of likely N-dealkylation sites (tertiary alicyclic amines) is 1. The number of nitrogens with one attached hydrogen (secondary N) is 2. The first-order valence-corrected chi connectivity index (χ1v) is 25.2. The number of carbonyl (C=O) groups excluding carboxylic acids is 5. The van der Waals surface area contributed by atoms with Crippen LogP contribution in [-0.4, -0.2) is 118 Å². The van der Waals surface area contributed by atoms with Crippen LogP contribution in [0, 0.1) is 23.2 Å². The van der Waals surface area contributed by atoms with Crippen molar-refractivity contribution < 1.29 is 38.6 Å². The first-order valence-electron chi connectivity index (χ1n) is 25.2. The highest BCUT2D eigenvalue weighted by Crippen LogP contribution is 2.43. The first-order chi connectivity index (χ1) is 33.1. The van der Waals surface area contributed by atoms with Crippen LogP contribution in [0.1, 0.15) is 108 Å². The van der Waals surface area contributed by atoms with Gasteiger partial charge in [0.15, 0.2) is 0 Å². The molecule has 4 fully saturated rings. The quantitative estimate of drug-likeness (QED) is 0.145. The number of cyclic esters (lactones) is 1. The van der Waals surface area contributed by atoms with Gasteiger partial charge < -0.3 is 34.3 Å². The summed E-state index contributed by atoms with van der Waals surface area (Å²) in [6.07, 6.45) is 8.78. The molecular formula is C54H69N7O8. The van der Waals surface area contributed by atoms with E-state index in [0.717, 1.165) is 83.1 Å². The molecule has 69 heavy (non-hydrogen) atoms. The molecule has 6 bridgehead atoms. The van der Waals surface area contributed by atoms with Crippen molar-refractivity contribution in [2.75, 3.05) is 40.4 Å². The molecule has 3 N–H and O–H groups in total. The minimum absolute atomic E-state index is 0.00935. The number of hydrogen-bond donors (Lipinski definition) is 3. The number of hydrazine groups is 1. The van der Waals surface area contributed by atoms with E-state index in [9.17, 15) is 29.1 Å². The van der Waals surface area contributed by atoms with E-state index in [1.54, 1.807) is 42.3 Å². The summed E-state index contributed by atoms with van der Waals surface area (Å²) in [5, 5.41) is 17.0. The number of fused-ring (bicyclic) bond motifs is 6. The Kier molecular flexibility index (Phi) is 13.9. The number of phenolic OH excluding ortho intramolecular Hbond substituents is 1. The molecule has 1 unspecified atom stereocenters. The molecule has 4 amide bonds. The van der Waals surface area contributed by atoms with Gasteiger partial charge in [0, 0.05) is 80.8 Å². The fourth-order valence-corrected chi connectivity index (χ4v) is 11.5. The Balaban J connectivity index is 1.10. The van der Waals surface area contributed by atoms with Gasteiger partial charge in [-0.05, 0) is 130 Å². The largest absolute Gasteiger partial charge is 0.508 e. The normalized spacial score (nSPS) is 23.1. The van der Waals surface area contributed by atoms with Crippen molar-refractivity contribution in [2.24, 2.45) is 23.2 Å². The number of amides is 4. The summed E-state index contributed by atoms with van der Waals surface area (Å²) in [4.78, 5) is 79.2. The number of nitrogens with zero attached hydrogens (tertiary/aromatic N) is 5. The summed E-state index contributed by atoms with van der Waals surface area (Å²) in [6.45, 7) is 10.2. The Hall–Kier alpha value is -5.80. The van der Waals surface area contributed by atoms with E-state index >= 15 is 0 Å². The van der Waals surface area contributed by atoms with Crippen molar-refractivity contribution in [1.82, 2.24) is 35.1 Å². The van der Waals surface area contributed by atoms with Crippen molar-refractivity contribution in [3.8, 4) is 28.1 Å². The van der Waals surface area contributed by atoms with Gasteiger partial charge in [-0.25, -0.2) is 5.43 Å². The van der Waals surface area contributed by atoms with Crippen LogP contribution >= 0.6 is 0 Å². The fourth-order valence-electron chi connectivity index (χ4n) is 11.5. The van der Waals surface area contributed by atoms with E-state index in [4.69, 9.17) is 14.5 Å². The van der Waals surface area contributed by atoms with Crippen molar-refractivity contribution in [2.45, 2.75) is 129 Å². The maximum atomic E-state index is 14.9. The van der Waals surface area contributed by atoms with Crippen LogP contribution in [0.15, 0.2) is 54.7 Å². The lowest BCUT2D eigenvalue weighted by Gasteiger charge is -2.37. The number of hydrogen-bond acceptors (Lipinski definition) is 10. The molecule has 9 rings (SSSR count). The number of methoxy groups -OCH3 is 1. The van der Waals surface area contributed by atoms with Crippen molar-refractivity contribution in [3.05, 3.63) is 71.5 Å². The zero-order chi connectivity index (χ0) is 48.7. The van der Waals surface area contributed by atoms with Crippen molar-refractivity contribution >= 4 is 40.5 Å². The molecule has 5 heterocycles. The number of carbonyl (C=O) groups is 5. The first kappa shape index (κ1) is 48.2. The van der Waals surface area contributed by atoms with Crippen LogP contribution in [0.5, 0.6) is 5.75 Å². The number of aromatic hydroxyl groups is 1. The molecule has 2 aliphatic carbocycles. The number of aryl methyl sites for hydroxylation is 1. The number of benzene rings is 2. The lowest BCUT2D eigenvalue weighted by Crippen LogP contribution is -2.62. The molecule has 2 aromatic carbocycles. The Labute approximate surface area is 405 Å². The number of rotatable bonds is 10. The maximum Gasteiger partial charge on any atom is 0.324 e. The highest BCUT2D eigenvalue weighted by atomic mass is 16.5. The van der Waals surface area contributed by atoms with Gasteiger partial charge in [-0.1, -0.05) is 38.8 Å². The number of pyridine rings is 1. The molecule has 4 aromatic rings. The summed E-state index contributed by atoms with van der Waals surface area (Å²) in [5.74, 6) is -1.83. The van der Waals surface area contributed by atoms with Crippen LogP contribution in [0.25, 0.3) is 33.3 Å². The molecule has 0 spiro atoms. The Bertz CT molecular complexity index is 2620. The van der Waals surface area contributed by atoms with Gasteiger partial charge in [-0.3, -0.25) is 34.0 Å². The minimum atomic E-state index is -1.13. The minimum Gasteiger partial charge on any atom is -0.508 e. The third-order valence-corrected chi connectivity index (χ3v) is 15.3. The smallest absolute Gasteiger partial charge is 0.324 e. The molecule has 3 aliphatic heterocycles. The highest BCUT2D eigenvalue weighted by molar-refractivity contribution is 5.96. The zero-order valence-electron chi connectivity index (χ0n) is 41.1. The van der Waals surface area contributed by atoms with Crippen molar-refractivity contribution in [3.63, 3.8) is 0 Å². The number of phenols is 1. The standard InChI is InChI=1S/C54H69N7O8/c1-7-60-45-19-18-36-28-41(45)42(48(60)40-14-10-21-55-46(40)32(2)68-6)29-54(3,4)31-69-53(67)43-15-11-22-61(57-43)52(66)44(26-33-24-38(36)27-39(62)25-33)56-49(63)47(34-12-8-9-13-34)58(5)50(64)37-20-23-59(30-37)51(65)35-16-17-35/h10,14,18-19,21,24-25,27-28,32,34-35,37,43-44,47,57,62H,7-9,11-13,15-17,20,22-23,26,29-31H2,1-6H3,(H,56,63)/t32-,37-,43-,44-,47?/m0/s1. The third kappa shape index (κ3) is 9.99. The van der Waals surface area contributed by atoms with E-state index in [-0.39, 0.29) is 48.5 Å². The van der Waals surface area contributed by atoms with E-state index in [1.165, 1.54) is 5.01 Å². The molecule has 368 valence electrons. The second kappa shape index (κ2) is 19.9. The number of likely N-dealkylation sites (N-methyl/N-ethyl adjacent to an activating group) is 1. The summed E-state index contributed by atoms with van der Waals surface area (Å²) in [6, 6.07) is 12.8. The molecule has 5 atom stereocenters. The predicted molar refractivity (Wildman–Crippen MR) is 261 cm³/mol. The zero-order valence-corrected chi connectivity index (χ0v) is 41.1. The lowest BCUT2D eigenvalue weighted by molar-refractivity contribution is -0.155. The van der Waals surface area contributed by atoms with Gasteiger partial charge in [0.1, 0.15) is 23.9 Å². The molecule has 2 saturated carbocycles. The van der Waals surface area contributed by atoms with Crippen LogP contribution in [0.3, 0.4) is 0 Å². The number of aromatic nitrogens is 2. The van der Waals surface area contributed by atoms with Gasteiger partial charge in [0.25, 0.3) is 5.91 Å². The van der Waals surface area contributed by atoms with E-state index in [1.807, 2.05) is 25.1 Å². The SMILES string of the molecule is CCn1c(-c2cccnc2[C@H](C)OC)c2c3cc(ccc31)-c1cc(O)cc(c1)C[C@H](NC(=O)C(C1CCCC1)N(C)C(=O)[C@H]1CCN(C(=O)C3CC3)C1)C(=O)N1CCC[C@H](N1)C(=O)OCC(C)(C)C2. The second-order valence-electron chi connectivity index (χ2n) is 21.0. The maximum absolute atomic E-state index is 14.9. The summed E-state index contributed by atoms with van der Waals surface area (Å²) in [5.41, 5.74) is 9.71. The van der Waals surface area contributed by atoms with Crippen LogP contribution in [-0.2, 0) is 52.8 Å². The molecule has 0 radical (unpaired) electrons. The number of ether oxygens (including phenoxy) is 2. The monoisotopic (exact) mass is 944 g/mol. The third-order valence-electron chi connectivity index (χ3n) is 15.3. The fraction of sp³-hybridized carbons (Fsp3) is 0.556. The molecule has 2 saturated heterocycles. The number of esters is 1. The van der Waals surface area contributed by atoms with Crippen LogP contribution in [0.4, 0.5) is 0 Å². The Morgan fingerprint density at radius 2 is 1.77 bits per heavy atom. The highest BCUT2D eigenvalue weighted by Gasteiger charge is 2.44. The molecule has 15 heteroatoms.